The molecule has 0 aromatic heterocycles. The fourth-order valence-corrected chi connectivity index (χ4v) is 2.76. The molecule has 8 nitrogen and oxygen atoms in total. The van der Waals surface area contributed by atoms with Crippen molar-refractivity contribution < 1.29 is 14.6 Å². The number of nitro groups is 2. The first kappa shape index (κ1) is 15.9. The van der Waals surface area contributed by atoms with Gasteiger partial charge >= 0.3 is 0 Å². The largest absolute Gasteiger partial charge is 0.336 e. The van der Waals surface area contributed by atoms with Crippen LogP contribution < -0.4 is 0 Å². The van der Waals surface area contributed by atoms with Crippen molar-refractivity contribution in [3.63, 3.8) is 0 Å². The maximum absolute atomic E-state index is 12.7. The zero-order chi connectivity index (χ0) is 16.4. The summed E-state index contributed by atoms with van der Waals surface area (Å²) < 4.78 is 0. The first-order valence-electron chi connectivity index (χ1n) is 7.07. The van der Waals surface area contributed by atoms with Crippen molar-refractivity contribution >= 4 is 17.3 Å². The number of hydrogen-bond donors (Lipinski definition) is 0. The molecule has 1 amide bonds. The molecule has 22 heavy (non-hydrogen) atoms. The van der Waals surface area contributed by atoms with Gasteiger partial charge < -0.3 is 4.90 Å². The van der Waals surface area contributed by atoms with Crippen molar-refractivity contribution in [2.45, 2.75) is 39.2 Å². The number of benzene rings is 1. The average Bonchev–Trinajstić information content (AvgIpc) is 2.46. The molecule has 1 saturated heterocycles. The topological polar surface area (TPSA) is 107 Å². The van der Waals surface area contributed by atoms with Gasteiger partial charge in [-0.05, 0) is 33.1 Å². The van der Waals surface area contributed by atoms with E-state index in [9.17, 15) is 25.0 Å². The summed E-state index contributed by atoms with van der Waals surface area (Å²) in [5.74, 6) is -0.378. The van der Waals surface area contributed by atoms with Crippen LogP contribution in [-0.2, 0) is 0 Å². The second kappa shape index (κ2) is 6.08. The van der Waals surface area contributed by atoms with Crippen LogP contribution in [0.3, 0.4) is 0 Å². The van der Waals surface area contributed by atoms with Crippen LogP contribution in [0.25, 0.3) is 0 Å². The fraction of sp³-hybridized carbons (Fsp3) is 0.500. The number of nitro benzene ring substituents is 2. The zero-order valence-corrected chi connectivity index (χ0v) is 12.4. The highest BCUT2D eigenvalue weighted by Gasteiger charge is 2.30. The third-order valence-electron chi connectivity index (χ3n) is 4.07. The Kier molecular flexibility index (Phi) is 4.39. The minimum atomic E-state index is -0.719. The molecule has 8 heteroatoms. The molecule has 0 N–H and O–H groups in total. The predicted octanol–water partition coefficient (Wildman–Crippen LogP) is 2.83. The van der Waals surface area contributed by atoms with E-state index in [-0.39, 0.29) is 23.1 Å². The molecule has 0 bridgehead atoms. The normalized spacial score (nSPS) is 18.1. The van der Waals surface area contributed by atoms with E-state index in [0.29, 0.717) is 6.54 Å². The Morgan fingerprint density at radius 2 is 1.91 bits per heavy atom. The second-order valence-corrected chi connectivity index (χ2v) is 5.50. The molecule has 0 aliphatic carbocycles. The maximum Gasteiger partial charge on any atom is 0.279 e. The van der Waals surface area contributed by atoms with Gasteiger partial charge in [-0.15, -0.1) is 0 Å². The van der Waals surface area contributed by atoms with Crippen molar-refractivity contribution in [1.82, 2.24) is 4.90 Å². The summed E-state index contributed by atoms with van der Waals surface area (Å²) in [6, 6.07) is 2.05. The predicted molar refractivity (Wildman–Crippen MR) is 78.8 cm³/mol. The van der Waals surface area contributed by atoms with Crippen LogP contribution in [0, 0.1) is 27.2 Å². The summed E-state index contributed by atoms with van der Waals surface area (Å²) in [6.45, 7) is 3.93. The molecule has 1 heterocycles. The summed E-state index contributed by atoms with van der Waals surface area (Å²) in [5, 5.41) is 22.0. The molecule has 118 valence electrons. The molecule has 0 saturated carbocycles. The summed E-state index contributed by atoms with van der Waals surface area (Å²) in [6.07, 6.45) is 2.76. The monoisotopic (exact) mass is 307 g/mol. The number of carbonyl (C=O) groups is 1. The van der Waals surface area contributed by atoms with Crippen LogP contribution in [0.4, 0.5) is 11.4 Å². The van der Waals surface area contributed by atoms with E-state index in [1.54, 1.807) is 4.90 Å². The summed E-state index contributed by atoms with van der Waals surface area (Å²) >= 11 is 0. The molecule has 1 atom stereocenters. The quantitative estimate of drug-likeness (QED) is 0.630. The van der Waals surface area contributed by atoms with E-state index in [0.717, 1.165) is 31.4 Å². The average molecular weight is 307 g/mol. The number of piperidine rings is 1. The van der Waals surface area contributed by atoms with Crippen molar-refractivity contribution in [3.8, 4) is 0 Å². The number of nitrogens with zero attached hydrogens (tertiary/aromatic N) is 3. The third-order valence-corrected chi connectivity index (χ3v) is 4.07. The Labute approximate surface area is 127 Å². The van der Waals surface area contributed by atoms with Crippen LogP contribution in [0.15, 0.2) is 12.1 Å². The molecule has 0 unspecified atom stereocenters. The van der Waals surface area contributed by atoms with Gasteiger partial charge in [-0.1, -0.05) is 0 Å². The Bertz CT molecular complexity index is 644. The van der Waals surface area contributed by atoms with E-state index in [2.05, 4.69) is 0 Å². The molecule has 1 aromatic carbocycles. The first-order chi connectivity index (χ1) is 10.3. The molecule has 0 spiro atoms. The minimum absolute atomic E-state index is 0.0268. The Morgan fingerprint density at radius 3 is 2.45 bits per heavy atom. The molecule has 1 fully saturated rings. The molecule has 2 rings (SSSR count). The number of likely N-dealkylation sites (tertiary alicyclic amines) is 1. The van der Waals surface area contributed by atoms with E-state index in [1.165, 1.54) is 6.92 Å². The van der Waals surface area contributed by atoms with Gasteiger partial charge in [-0.2, -0.15) is 0 Å². The fourth-order valence-electron chi connectivity index (χ4n) is 2.76. The number of rotatable bonds is 3. The SMILES string of the molecule is Cc1c(C(=O)N2CCCC[C@@H]2C)cc([N+](=O)[O-])cc1[N+](=O)[O-]. The number of non-ortho nitro benzene ring substituents is 1. The number of hydrogen-bond acceptors (Lipinski definition) is 5. The number of amides is 1. The van der Waals surface area contributed by atoms with Crippen LogP contribution in [0.2, 0.25) is 0 Å². The third kappa shape index (κ3) is 2.90. The molecular weight excluding hydrogens is 290 g/mol. The Morgan fingerprint density at radius 1 is 1.23 bits per heavy atom. The second-order valence-electron chi connectivity index (χ2n) is 5.50. The van der Waals surface area contributed by atoms with Gasteiger partial charge in [0.1, 0.15) is 0 Å². The van der Waals surface area contributed by atoms with Crippen molar-refractivity contribution in [3.05, 3.63) is 43.5 Å². The van der Waals surface area contributed by atoms with Crippen LogP contribution in [0.1, 0.15) is 42.1 Å². The van der Waals surface area contributed by atoms with E-state index in [1.807, 2.05) is 6.92 Å². The van der Waals surface area contributed by atoms with Crippen LogP contribution >= 0.6 is 0 Å². The van der Waals surface area contributed by atoms with Gasteiger partial charge in [-0.25, -0.2) is 0 Å². The molecule has 1 aliphatic heterocycles. The standard InChI is InChI=1S/C14H17N3O5/c1-9-5-3-4-6-15(9)14(18)12-7-11(16(19)20)8-13(10(12)2)17(21)22/h7-9H,3-6H2,1-2H3/t9-/m0/s1. The van der Waals surface area contributed by atoms with Crippen molar-refractivity contribution in [2.24, 2.45) is 0 Å². The number of carbonyl (C=O) groups excluding carboxylic acids is 1. The summed E-state index contributed by atoms with van der Waals surface area (Å²) in [5.41, 5.74) is -0.638. The van der Waals surface area contributed by atoms with Gasteiger partial charge in [0.25, 0.3) is 17.3 Å². The van der Waals surface area contributed by atoms with Crippen molar-refractivity contribution in [1.29, 1.82) is 0 Å². The zero-order valence-electron chi connectivity index (χ0n) is 12.4. The lowest BCUT2D eigenvalue weighted by atomic mass is 9.99. The molecule has 0 radical (unpaired) electrons. The Hall–Kier alpha value is -2.51. The molecule has 1 aliphatic rings. The molecular formula is C14H17N3O5. The highest BCUT2D eigenvalue weighted by Crippen LogP contribution is 2.30. The summed E-state index contributed by atoms with van der Waals surface area (Å²) in [7, 11) is 0. The Balaban J connectivity index is 2.51. The minimum Gasteiger partial charge on any atom is -0.336 e. The van der Waals surface area contributed by atoms with E-state index < -0.39 is 21.2 Å². The van der Waals surface area contributed by atoms with Crippen LogP contribution in [0.5, 0.6) is 0 Å². The van der Waals surface area contributed by atoms with E-state index in [4.69, 9.17) is 0 Å². The lowest BCUT2D eigenvalue weighted by Gasteiger charge is -2.33. The van der Waals surface area contributed by atoms with Gasteiger partial charge in [0, 0.05) is 24.2 Å². The lowest BCUT2D eigenvalue weighted by molar-refractivity contribution is -0.394. The first-order valence-corrected chi connectivity index (χ1v) is 7.07. The highest BCUT2D eigenvalue weighted by molar-refractivity contribution is 5.97. The van der Waals surface area contributed by atoms with Crippen LogP contribution in [-0.4, -0.2) is 33.2 Å². The van der Waals surface area contributed by atoms with Gasteiger partial charge in [0.05, 0.1) is 21.5 Å². The molecule has 1 aromatic rings. The summed E-state index contributed by atoms with van der Waals surface area (Å²) in [4.78, 5) is 34.9. The maximum atomic E-state index is 12.7. The van der Waals surface area contributed by atoms with Gasteiger partial charge in [0.2, 0.25) is 0 Å². The van der Waals surface area contributed by atoms with Gasteiger partial charge in [-0.3, -0.25) is 25.0 Å². The highest BCUT2D eigenvalue weighted by atomic mass is 16.6. The van der Waals surface area contributed by atoms with Gasteiger partial charge in [0.15, 0.2) is 0 Å². The van der Waals surface area contributed by atoms with E-state index >= 15 is 0 Å². The lowest BCUT2D eigenvalue weighted by Crippen LogP contribution is -2.42. The van der Waals surface area contributed by atoms with Crippen molar-refractivity contribution in [2.75, 3.05) is 6.54 Å². The smallest absolute Gasteiger partial charge is 0.279 e.